The van der Waals surface area contributed by atoms with Crippen molar-refractivity contribution in [3.63, 3.8) is 0 Å². The highest BCUT2D eigenvalue weighted by Gasteiger charge is 2.63. The zero-order valence-corrected chi connectivity index (χ0v) is 18.4. The molecule has 0 bridgehead atoms. The van der Waals surface area contributed by atoms with Crippen LogP contribution in [0.25, 0.3) is 0 Å². The van der Waals surface area contributed by atoms with Gasteiger partial charge in [-0.05, 0) is 85.3 Å². The van der Waals surface area contributed by atoms with E-state index in [2.05, 4.69) is 36.0 Å². The minimum absolute atomic E-state index is 0.0536. The molecule has 0 aromatic carbocycles. The Hall–Kier alpha value is -1.72. The van der Waals surface area contributed by atoms with Gasteiger partial charge >= 0.3 is 0 Å². The molecule has 7 atom stereocenters. The Labute approximate surface area is 179 Å². The average Bonchev–Trinajstić information content (AvgIpc) is 3.30. The standard InChI is InChI=1S/C25H35N3O2/c1-16-19(23(2)13-17-14-27-28-21(17)12-18(23)15-29)7-9-24(3)20(16)8-10-25(24,30)22-6-4-5-11-26-22/h4-6,11,14,16,18-20,29-30H,7-10,12-13,15H2,1-3H3,(H,27,28)/t16-,18-,19+,20+,23+,24+,25-/m1/s1. The van der Waals surface area contributed by atoms with Gasteiger partial charge in [-0.1, -0.05) is 26.8 Å². The van der Waals surface area contributed by atoms with Crippen LogP contribution >= 0.6 is 0 Å². The predicted octanol–water partition coefficient (Wildman–Crippen LogP) is 3.87. The average molecular weight is 410 g/mol. The molecular formula is C25H35N3O2. The van der Waals surface area contributed by atoms with Crippen molar-refractivity contribution >= 4 is 0 Å². The summed E-state index contributed by atoms with van der Waals surface area (Å²) in [5.41, 5.74) is 2.40. The van der Waals surface area contributed by atoms with Gasteiger partial charge in [0.15, 0.2) is 0 Å². The van der Waals surface area contributed by atoms with Gasteiger partial charge in [-0.3, -0.25) is 10.1 Å². The second-order valence-corrected chi connectivity index (χ2v) is 10.8. The van der Waals surface area contributed by atoms with Crippen molar-refractivity contribution in [3.05, 3.63) is 47.5 Å². The predicted molar refractivity (Wildman–Crippen MR) is 116 cm³/mol. The van der Waals surface area contributed by atoms with Crippen molar-refractivity contribution in [2.75, 3.05) is 6.61 Å². The van der Waals surface area contributed by atoms with Crippen LogP contribution in [0.15, 0.2) is 30.6 Å². The van der Waals surface area contributed by atoms with E-state index in [0.717, 1.165) is 44.2 Å². The first-order chi connectivity index (χ1) is 14.3. The first kappa shape index (κ1) is 20.2. The van der Waals surface area contributed by atoms with Crippen LogP contribution in [0.3, 0.4) is 0 Å². The van der Waals surface area contributed by atoms with Crippen LogP contribution in [0.4, 0.5) is 0 Å². The van der Waals surface area contributed by atoms with Crippen LogP contribution in [-0.2, 0) is 18.4 Å². The Morgan fingerprint density at radius 1 is 1.17 bits per heavy atom. The number of nitrogens with one attached hydrogen (secondary N) is 1. The van der Waals surface area contributed by atoms with Crippen molar-refractivity contribution in [2.24, 2.45) is 34.5 Å². The van der Waals surface area contributed by atoms with Gasteiger partial charge in [-0.2, -0.15) is 5.10 Å². The first-order valence-electron chi connectivity index (χ1n) is 11.6. The number of hydrogen-bond donors (Lipinski definition) is 3. The van der Waals surface area contributed by atoms with Crippen LogP contribution in [0.1, 0.15) is 63.4 Å². The number of aromatic nitrogens is 3. The summed E-state index contributed by atoms with van der Waals surface area (Å²) in [5, 5.41) is 29.6. The fourth-order valence-corrected chi connectivity index (χ4v) is 7.88. The van der Waals surface area contributed by atoms with Crippen LogP contribution in [0, 0.1) is 34.5 Å². The van der Waals surface area contributed by atoms with Crippen LogP contribution in [-0.4, -0.2) is 32.0 Å². The van der Waals surface area contributed by atoms with Gasteiger partial charge in [-0.25, -0.2) is 0 Å². The van der Waals surface area contributed by atoms with Crippen LogP contribution in [0.5, 0.6) is 0 Å². The molecule has 0 spiro atoms. The van der Waals surface area contributed by atoms with E-state index in [-0.39, 0.29) is 23.4 Å². The fraction of sp³-hybridized carbons (Fsp3) is 0.680. The molecule has 3 N–H and O–H groups in total. The van der Waals surface area contributed by atoms with Gasteiger partial charge in [0, 0.05) is 23.9 Å². The van der Waals surface area contributed by atoms with Crippen molar-refractivity contribution in [2.45, 2.75) is 64.9 Å². The summed E-state index contributed by atoms with van der Waals surface area (Å²) in [7, 11) is 0. The second kappa shape index (κ2) is 6.89. The molecule has 2 fully saturated rings. The molecule has 3 aliphatic carbocycles. The van der Waals surface area contributed by atoms with E-state index in [9.17, 15) is 10.2 Å². The monoisotopic (exact) mass is 409 g/mol. The summed E-state index contributed by atoms with van der Waals surface area (Å²) in [6.45, 7) is 7.32. The molecule has 3 aliphatic rings. The Morgan fingerprint density at radius 3 is 2.70 bits per heavy atom. The van der Waals surface area contributed by atoms with Gasteiger partial charge in [-0.15, -0.1) is 0 Å². The maximum absolute atomic E-state index is 11.9. The summed E-state index contributed by atoms with van der Waals surface area (Å²) < 4.78 is 0. The zero-order valence-electron chi connectivity index (χ0n) is 18.4. The molecule has 30 heavy (non-hydrogen) atoms. The molecule has 0 radical (unpaired) electrons. The molecule has 5 rings (SSSR count). The van der Waals surface area contributed by atoms with E-state index >= 15 is 0 Å². The number of aliphatic hydroxyl groups is 2. The molecular weight excluding hydrogens is 374 g/mol. The molecule has 2 saturated carbocycles. The van der Waals surface area contributed by atoms with Crippen molar-refractivity contribution in [1.82, 2.24) is 15.2 Å². The molecule has 162 valence electrons. The molecule has 2 aromatic rings. The topological polar surface area (TPSA) is 82.0 Å². The largest absolute Gasteiger partial charge is 0.396 e. The van der Waals surface area contributed by atoms with E-state index in [4.69, 9.17) is 0 Å². The third-order valence-corrected chi connectivity index (χ3v) is 9.74. The number of nitrogens with zero attached hydrogens (tertiary/aromatic N) is 2. The van der Waals surface area contributed by atoms with E-state index in [1.165, 1.54) is 11.3 Å². The smallest absolute Gasteiger partial charge is 0.112 e. The maximum Gasteiger partial charge on any atom is 0.112 e. The molecule has 0 unspecified atom stereocenters. The zero-order chi connectivity index (χ0) is 21.1. The molecule has 0 aliphatic heterocycles. The van der Waals surface area contributed by atoms with Crippen molar-refractivity contribution < 1.29 is 10.2 Å². The second-order valence-electron chi connectivity index (χ2n) is 10.8. The SMILES string of the molecule is C[C@@H]1[C@@H]([C@@]2(C)Cc3cn[nH]c3C[C@@H]2CO)CC[C@@]2(C)[C@H]1CC[C@@]2(O)c1ccccn1. The number of hydrogen-bond acceptors (Lipinski definition) is 4. The van der Waals surface area contributed by atoms with E-state index in [1.807, 2.05) is 24.4 Å². The molecule has 2 heterocycles. The number of pyridine rings is 1. The summed E-state index contributed by atoms with van der Waals surface area (Å²) >= 11 is 0. The van der Waals surface area contributed by atoms with Crippen molar-refractivity contribution in [3.8, 4) is 0 Å². The summed E-state index contributed by atoms with van der Waals surface area (Å²) in [6, 6.07) is 5.91. The quantitative estimate of drug-likeness (QED) is 0.719. The minimum Gasteiger partial charge on any atom is -0.396 e. The minimum atomic E-state index is -0.847. The highest BCUT2D eigenvalue weighted by atomic mass is 16.3. The normalized spacial score (nSPS) is 43.2. The Bertz CT molecular complexity index is 914. The molecule has 2 aromatic heterocycles. The fourth-order valence-electron chi connectivity index (χ4n) is 7.88. The van der Waals surface area contributed by atoms with E-state index in [1.54, 1.807) is 6.20 Å². The van der Waals surface area contributed by atoms with Gasteiger partial charge < -0.3 is 10.2 Å². The summed E-state index contributed by atoms with van der Waals surface area (Å²) in [4.78, 5) is 4.57. The number of aliphatic hydroxyl groups excluding tert-OH is 1. The lowest BCUT2D eigenvalue weighted by atomic mass is 9.48. The third-order valence-electron chi connectivity index (χ3n) is 9.74. The number of rotatable bonds is 3. The summed E-state index contributed by atoms with van der Waals surface area (Å²) in [6.07, 6.45) is 9.56. The Kier molecular flexibility index (Phi) is 4.64. The first-order valence-corrected chi connectivity index (χ1v) is 11.6. The highest BCUT2D eigenvalue weighted by Crippen LogP contribution is 2.66. The van der Waals surface area contributed by atoms with Gasteiger partial charge in [0.25, 0.3) is 0 Å². The third kappa shape index (κ3) is 2.61. The van der Waals surface area contributed by atoms with Gasteiger partial charge in [0.1, 0.15) is 5.60 Å². The van der Waals surface area contributed by atoms with Crippen molar-refractivity contribution in [1.29, 1.82) is 0 Å². The van der Waals surface area contributed by atoms with Gasteiger partial charge in [0.2, 0.25) is 0 Å². The number of aromatic amines is 1. The Balaban J connectivity index is 1.47. The highest BCUT2D eigenvalue weighted by molar-refractivity contribution is 5.26. The lowest BCUT2D eigenvalue weighted by Crippen LogP contribution is -2.54. The molecule has 0 saturated heterocycles. The lowest BCUT2D eigenvalue weighted by molar-refractivity contribution is -0.135. The number of H-pyrrole nitrogens is 1. The van der Waals surface area contributed by atoms with E-state index in [0.29, 0.717) is 17.8 Å². The van der Waals surface area contributed by atoms with Crippen LogP contribution < -0.4 is 0 Å². The van der Waals surface area contributed by atoms with Gasteiger partial charge in [0.05, 0.1) is 11.9 Å². The van der Waals surface area contributed by atoms with E-state index < -0.39 is 5.60 Å². The number of fused-ring (bicyclic) bond motifs is 2. The maximum atomic E-state index is 11.9. The molecule has 5 nitrogen and oxygen atoms in total. The van der Waals surface area contributed by atoms with Crippen LogP contribution in [0.2, 0.25) is 0 Å². The molecule has 5 heteroatoms. The molecule has 0 amide bonds. The Morgan fingerprint density at radius 2 is 1.97 bits per heavy atom. The lowest BCUT2D eigenvalue weighted by Gasteiger charge is -2.57. The summed E-state index contributed by atoms with van der Waals surface area (Å²) in [5.74, 6) is 1.74.